The Kier molecular flexibility index (Phi) is 5.85. The minimum atomic E-state index is -4.69. The van der Waals surface area contributed by atoms with E-state index in [1.165, 1.54) is 39.5 Å². The first-order chi connectivity index (χ1) is 12.3. The van der Waals surface area contributed by atoms with Crippen molar-refractivity contribution in [2.75, 3.05) is 21.3 Å². The van der Waals surface area contributed by atoms with E-state index < -0.39 is 21.1 Å². The summed E-state index contributed by atoms with van der Waals surface area (Å²) in [5, 5.41) is 2.90. The van der Waals surface area contributed by atoms with Crippen molar-refractivity contribution < 1.29 is 36.4 Å². The molecule has 0 aliphatic carbocycles. The number of benzene rings is 1. The zero-order valence-electron chi connectivity index (χ0n) is 14.0. The third kappa shape index (κ3) is 4.32. The SMILES string of the molecule is COc1cc(C(=O)N/N=C/c2ccc(S(=O)(=O)[O-])o2)cc(OC)c1OC. The number of methoxy groups -OCH3 is 3. The van der Waals surface area contributed by atoms with Crippen molar-refractivity contribution in [2.45, 2.75) is 5.09 Å². The molecule has 0 radical (unpaired) electrons. The number of rotatable bonds is 7. The number of amides is 1. The van der Waals surface area contributed by atoms with E-state index in [2.05, 4.69) is 10.5 Å². The second-order valence-electron chi connectivity index (χ2n) is 4.72. The summed E-state index contributed by atoms with van der Waals surface area (Å²) >= 11 is 0. The molecule has 26 heavy (non-hydrogen) atoms. The second-order valence-corrected chi connectivity index (χ2v) is 6.03. The van der Waals surface area contributed by atoms with E-state index in [1.807, 2.05) is 0 Å². The fourth-order valence-electron chi connectivity index (χ4n) is 1.97. The van der Waals surface area contributed by atoms with E-state index in [-0.39, 0.29) is 22.8 Å². The number of carbonyl (C=O) groups excluding carboxylic acids is 1. The van der Waals surface area contributed by atoms with Crippen molar-refractivity contribution in [2.24, 2.45) is 5.10 Å². The lowest BCUT2D eigenvalue weighted by Gasteiger charge is -2.13. The van der Waals surface area contributed by atoms with Crippen molar-refractivity contribution in [3.63, 3.8) is 0 Å². The van der Waals surface area contributed by atoms with Crippen LogP contribution >= 0.6 is 0 Å². The molecule has 0 bridgehead atoms. The highest BCUT2D eigenvalue weighted by molar-refractivity contribution is 7.85. The number of nitrogens with zero attached hydrogens (tertiary/aromatic N) is 1. The van der Waals surface area contributed by atoms with Gasteiger partial charge in [-0.15, -0.1) is 0 Å². The molecule has 2 rings (SSSR count). The van der Waals surface area contributed by atoms with Gasteiger partial charge in [0.2, 0.25) is 10.8 Å². The Morgan fingerprint density at radius 3 is 2.23 bits per heavy atom. The number of nitrogens with one attached hydrogen (secondary N) is 1. The van der Waals surface area contributed by atoms with E-state index in [0.717, 1.165) is 12.3 Å². The lowest BCUT2D eigenvalue weighted by molar-refractivity contribution is 0.0954. The molecule has 0 atom stereocenters. The predicted molar refractivity (Wildman–Crippen MR) is 87.8 cm³/mol. The van der Waals surface area contributed by atoms with Gasteiger partial charge in [0, 0.05) is 5.56 Å². The van der Waals surface area contributed by atoms with E-state index in [4.69, 9.17) is 18.6 Å². The summed E-state index contributed by atoms with van der Waals surface area (Å²) < 4.78 is 52.6. The molecule has 1 N–H and O–H groups in total. The Balaban J connectivity index is 2.16. The molecule has 140 valence electrons. The highest BCUT2D eigenvalue weighted by Gasteiger charge is 2.16. The van der Waals surface area contributed by atoms with Crippen molar-refractivity contribution >= 4 is 22.2 Å². The average Bonchev–Trinajstić information content (AvgIpc) is 3.09. The summed E-state index contributed by atoms with van der Waals surface area (Å²) in [6, 6.07) is 5.08. The van der Waals surface area contributed by atoms with E-state index in [1.54, 1.807) is 0 Å². The Morgan fingerprint density at radius 1 is 1.15 bits per heavy atom. The van der Waals surface area contributed by atoms with Gasteiger partial charge in [-0.25, -0.2) is 13.8 Å². The summed E-state index contributed by atoms with van der Waals surface area (Å²) in [4.78, 5) is 12.2. The summed E-state index contributed by atoms with van der Waals surface area (Å²) in [7, 11) is -0.434. The third-order valence-electron chi connectivity index (χ3n) is 3.13. The van der Waals surface area contributed by atoms with Crippen LogP contribution in [0.3, 0.4) is 0 Å². The van der Waals surface area contributed by atoms with Crippen molar-refractivity contribution in [1.82, 2.24) is 5.43 Å². The van der Waals surface area contributed by atoms with Gasteiger partial charge in [0.1, 0.15) is 5.76 Å². The fraction of sp³-hybridized carbons (Fsp3) is 0.200. The summed E-state index contributed by atoms with van der Waals surface area (Å²) in [6.45, 7) is 0. The molecular weight excluding hydrogens is 368 g/mol. The van der Waals surface area contributed by atoms with Gasteiger partial charge in [0.25, 0.3) is 5.91 Å². The highest BCUT2D eigenvalue weighted by atomic mass is 32.2. The second kappa shape index (κ2) is 7.89. The number of carbonyl (C=O) groups is 1. The third-order valence-corrected chi connectivity index (χ3v) is 3.85. The van der Waals surface area contributed by atoms with Gasteiger partial charge in [-0.1, -0.05) is 0 Å². The van der Waals surface area contributed by atoms with Crippen LogP contribution in [0.25, 0.3) is 0 Å². The van der Waals surface area contributed by atoms with Crippen LogP contribution in [0.2, 0.25) is 0 Å². The molecule has 1 aromatic carbocycles. The highest BCUT2D eigenvalue weighted by Crippen LogP contribution is 2.38. The molecule has 0 fully saturated rings. The Morgan fingerprint density at radius 2 is 1.77 bits per heavy atom. The molecule has 0 aliphatic heterocycles. The van der Waals surface area contributed by atoms with Crippen molar-refractivity contribution in [3.05, 3.63) is 35.6 Å². The van der Waals surface area contributed by atoms with Gasteiger partial charge in [-0.2, -0.15) is 5.10 Å². The lowest BCUT2D eigenvalue weighted by atomic mass is 10.1. The monoisotopic (exact) mass is 383 g/mol. The summed E-state index contributed by atoms with van der Waals surface area (Å²) in [6.07, 6.45) is 1.05. The first kappa shape index (κ1) is 19.3. The largest absolute Gasteiger partial charge is 0.742 e. The van der Waals surface area contributed by atoms with Gasteiger partial charge in [0.15, 0.2) is 21.6 Å². The van der Waals surface area contributed by atoms with E-state index in [0.29, 0.717) is 5.75 Å². The molecule has 2 aromatic rings. The Labute approximate surface area is 149 Å². The number of hydrazone groups is 1. The van der Waals surface area contributed by atoms with Gasteiger partial charge in [-0.3, -0.25) is 4.79 Å². The van der Waals surface area contributed by atoms with Crippen LogP contribution in [-0.4, -0.2) is 46.4 Å². The standard InChI is InChI=1S/C15H16N2O8S/c1-22-11-6-9(7-12(23-2)14(11)24-3)15(18)17-16-8-10-4-5-13(25-10)26(19,20)21/h4-8H,1-3H3,(H,17,18)(H,19,20,21)/p-1/b16-8+. The normalized spacial score (nSPS) is 11.4. The molecule has 1 aromatic heterocycles. The zero-order chi connectivity index (χ0) is 19.3. The first-order valence-electron chi connectivity index (χ1n) is 6.99. The van der Waals surface area contributed by atoms with Crippen LogP contribution in [-0.2, 0) is 10.1 Å². The van der Waals surface area contributed by atoms with Gasteiger partial charge in [-0.05, 0) is 24.3 Å². The molecular formula is C15H15N2O8S-. The molecule has 10 nitrogen and oxygen atoms in total. The number of hydrogen-bond acceptors (Lipinski definition) is 9. The molecule has 0 saturated heterocycles. The summed E-state index contributed by atoms with van der Waals surface area (Å²) in [5.41, 5.74) is 2.41. The Hall–Kier alpha value is -3.05. The summed E-state index contributed by atoms with van der Waals surface area (Å²) in [5.74, 6) is 0.292. The first-order valence-corrected chi connectivity index (χ1v) is 8.40. The number of furan rings is 1. The van der Waals surface area contributed by atoms with Crippen LogP contribution < -0.4 is 19.6 Å². The molecule has 0 spiro atoms. The average molecular weight is 383 g/mol. The molecule has 0 aliphatic rings. The topological polar surface area (TPSA) is 139 Å². The molecule has 1 amide bonds. The minimum absolute atomic E-state index is 0.0235. The lowest BCUT2D eigenvalue weighted by Crippen LogP contribution is -2.18. The fourth-order valence-corrected chi connectivity index (χ4v) is 2.40. The quantitative estimate of drug-likeness (QED) is 0.424. The van der Waals surface area contributed by atoms with Crippen LogP contribution in [0.15, 0.2) is 38.9 Å². The van der Waals surface area contributed by atoms with Crippen LogP contribution in [0.4, 0.5) is 0 Å². The smallest absolute Gasteiger partial charge is 0.271 e. The predicted octanol–water partition coefficient (Wildman–Crippen LogP) is 0.973. The van der Waals surface area contributed by atoms with Gasteiger partial charge >= 0.3 is 0 Å². The number of ether oxygens (including phenoxy) is 3. The van der Waals surface area contributed by atoms with Crippen LogP contribution in [0, 0.1) is 0 Å². The van der Waals surface area contributed by atoms with Crippen LogP contribution in [0.5, 0.6) is 17.2 Å². The number of hydrogen-bond donors (Lipinski definition) is 1. The maximum Gasteiger partial charge on any atom is 0.271 e. The molecule has 1 heterocycles. The zero-order valence-corrected chi connectivity index (χ0v) is 14.8. The minimum Gasteiger partial charge on any atom is -0.742 e. The molecule has 0 unspecified atom stereocenters. The Bertz CT molecular complexity index is 908. The van der Waals surface area contributed by atoms with Gasteiger partial charge < -0.3 is 23.2 Å². The molecule has 0 saturated carbocycles. The maximum absolute atomic E-state index is 12.2. The van der Waals surface area contributed by atoms with Crippen molar-refractivity contribution in [1.29, 1.82) is 0 Å². The maximum atomic E-state index is 12.2. The van der Waals surface area contributed by atoms with Crippen molar-refractivity contribution in [3.8, 4) is 17.2 Å². The molecule has 11 heteroatoms. The van der Waals surface area contributed by atoms with E-state index >= 15 is 0 Å². The van der Waals surface area contributed by atoms with Crippen LogP contribution in [0.1, 0.15) is 16.1 Å². The van der Waals surface area contributed by atoms with E-state index in [9.17, 15) is 17.8 Å². The van der Waals surface area contributed by atoms with Gasteiger partial charge in [0.05, 0.1) is 27.5 Å².